The van der Waals surface area contributed by atoms with E-state index < -0.39 is 0 Å². The van der Waals surface area contributed by atoms with Crippen LogP contribution in [0.15, 0.2) is 48.7 Å². The van der Waals surface area contributed by atoms with E-state index in [0.717, 1.165) is 31.7 Å². The Hall–Kier alpha value is -2.56. The molecular weight excluding hydrogens is 304 g/mol. The number of benzene rings is 1. The Kier molecular flexibility index (Phi) is 5.31. The van der Waals surface area contributed by atoms with Gasteiger partial charge in [-0.25, -0.2) is 9.78 Å². The molecule has 126 valence electrons. The van der Waals surface area contributed by atoms with E-state index in [4.69, 9.17) is 9.47 Å². The highest BCUT2D eigenvalue weighted by Crippen LogP contribution is 2.23. The van der Waals surface area contributed by atoms with Crippen LogP contribution in [0.4, 0.5) is 5.82 Å². The zero-order valence-electron chi connectivity index (χ0n) is 13.9. The van der Waals surface area contributed by atoms with Crippen molar-refractivity contribution >= 4 is 11.8 Å². The Morgan fingerprint density at radius 3 is 2.75 bits per heavy atom. The lowest BCUT2D eigenvalue weighted by Gasteiger charge is -2.32. The number of carbonyl (C=O) groups excluding carboxylic acids is 1. The average molecular weight is 326 g/mol. The number of anilines is 1. The van der Waals surface area contributed by atoms with Gasteiger partial charge >= 0.3 is 5.97 Å². The topological polar surface area (TPSA) is 51.7 Å². The van der Waals surface area contributed by atoms with E-state index in [0.29, 0.717) is 23.8 Å². The van der Waals surface area contributed by atoms with Crippen molar-refractivity contribution in [2.45, 2.75) is 12.8 Å². The van der Waals surface area contributed by atoms with Crippen molar-refractivity contribution in [2.75, 3.05) is 31.7 Å². The first-order chi connectivity index (χ1) is 11.8. The second kappa shape index (κ2) is 7.81. The molecule has 1 aliphatic rings. The van der Waals surface area contributed by atoms with E-state index in [1.54, 1.807) is 12.1 Å². The number of pyridine rings is 1. The van der Waals surface area contributed by atoms with Gasteiger partial charge < -0.3 is 14.4 Å². The number of esters is 1. The Bertz CT molecular complexity index is 667. The van der Waals surface area contributed by atoms with E-state index in [-0.39, 0.29) is 5.97 Å². The highest BCUT2D eigenvalue weighted by molar-refractivity contribution is 5.89. The van der Waals surface area contributed by atoms with Gasteiger partial charge in [-0.2, -0.15) is 0 Å². The maximum Gasteiger partial charge on any atom is 0.337 e. The fraction of sp³-hybridized carbons (Fsp3) is 0.368. The zero-order chi connectivity index (χ0) is 16.8. The van der Waals surface area contributed by atoms with Crippen LogP contribution in [0.25, 0.3) is 0 Å². The highest BCUT2D eigenvalue weighted by Gasteiger charge is 2.20. The summed E-state index contributed by atoms with van der Waals surface area (Å²) in [7, 11) is 1.38. The van der Waals surface area contributed by atoms with E-state index in [1.807, 2.05) is 30.5 Å². The van der Waals surface area contributed by atoms with Crippen LogP contribution in [-0.2, 0) is 4.74 Å². The van der Waals surface area contributed by atoms with Gasteiger partial charge in [0.05, 0.1) is 19.3 Å². The monoisotopic (exact) mass is 326 g/mol. The standard InChI is InChI=1S/C19H22N2O3/c1-23-19(22)16-5-4-6-17(13-16)24-14-15-8-11-21(12-9-15)18-7-2-3-10-20-18/h2-7,10,13,15H,8-9,11-12,14H2,1H3. The van der Waals surface area contributed by atoms with Crippen molar-refractivity contribution < 1.29 is 14.3 Å². The normalized spacial score (nSPS) is 15.1. The van der Waals surface area contributed by atoms with Crippen LogP contribution in [0.1, 0.15) is 23.2 Å². The molecule has 5 heteroatoms. The summed E-state index contributed by atoms with van der Waals surface area (Å²) < 4.78 is 10.6. The second-order valence-corrected chi connectivity index (χ2v) is 5.95. The van der Waals surface area contributed by atoms with E-state index in [1.165, 1.54) is 7.11 Å². The Morgan fingerprint density at radius 2 is 2.04 bits per heavy atom. The smallest absolute Gasteiger partial charge is 0.337 e. The zero-order valence-corrected chi connectivity index (χ0v) is 13.9. The first-order valence-electron chi connectivity index (χ1n) is 8.23. The Balaban J connectivity index is 1.49. The fourth-order valence-electron chi connectivity index (χ4n) is 2.91. The molecule has 0 unspecified atom stereocenters. The van der Waals surface area contributed by atoms with Crippen molar-refractivity contribution in [1.29, 1.82) is 0 Å². The van der Waals surface area contributed by atoms with E-state index in [2.05, 4.69) is 16.0 Å². The molecule has 0 atom stereocenters. The number of rotatable bonds is 5. The third-order valence-electron chi connectivity index (χ3n) is 4.33. The number of methoxy groups -OCH3 is 1. The summed E-state index contributed by atoms with van der Waals surface area (Å²) in [4.78, 5) is 18.3. The molecular formula is C19H22N2O3. The number of aromatic nitrogens is 1. The number of hydrogen-bond donors (Lipinski definition) is 0. The van der Waals surface area contributed by atoms with Crippen LogP contribution < -0.4 is 9.64 Å². The van der Waals surface area contributed by atoms with Gasteiger partial charge in [0.1, 0.15) is 11.6 Å². The van der Waals surface area contributed by atoms with Gasteiger partial charge in [-0.15, -0.1) is 0 Å². The van der Waals surface area contributed by atoms with E-state index in [9.17, 15) is 4.79 Å². The predicted octanol–water partition coefficient (Wildman–Crippen LogP) is 3.16. The summed E-state index contributed by atoms with van der Waals surface area (Å²) in [5, 5.41) is 0. The van der Waals surface area contributed by atoms with Gasteiger partial charge in [0, 0.05) is 19.3 Å². The van der Waals surface area contributed by atoms with Gasteiger partial charge in [0.15, 0.2) is 0 Å². The molecule has 0 aliphatic carbocycles. The van der Waals surface area contributed by atoms with Crippen LogP contribution in [0, 0.1) is 5.92 Å². The maximum atomic E-state index is 11.6. The minimum absolute atomic E-state index is 0.343. The molecule has 0 spiro atoms. The van der Waals surface area contributed by atoms with Crippen LogP contribution in [0.5, 0.6) is 5.75 Å². The van der Waals surface area contributed by atoms with Crippen molar-refractivity contribution in [2.24, 2.45) is 5.92 Å². The van der Waals surface area contributed by atoms with Crippen molar-refractivity contribution in [3.05, 3.63) is 54.2 Å². The number of nitrogens with zero attached hydrogens (tertiary/aromatic N) is 2. The number of carbonyl (C=O) groups is 1. The second-order valence-electron chi connectivity index (χ2n) is 5.95. The van der Waals surface area contributed by atoms with E-state index >= 15 is 0 Å². The maximum absolute atomic E-state index is 11.6. The fourth-order valence-corrected chi connectivity index (χ4v) is 2.91. The molecule has 1 saturated heterocycles. The molecule has 2 aromatic rings. The van der Waals surface area contributed by atoms with Crippen LogP contribution in [-0.4, -0.2) is 37.8 Å². The summed E-state index contributed by atoms with van der Waals surface area (Å²) in [6.07, 6.45) is 3.99. The molecule has 0 saturated carbocycles. The molecule has 0 amide bonds. The van der Waals surface area contributed by atoms with Gasteiger partial charge in [0.2, 0.25) is 0 Å². The van der Waals surface area contributed by atoms with Crippen LogP contribution in [0.2, 0.25) is 0 Å². The minimum atomic E-state index is -0.343. The first kappa shape index (κ1) is 16.3. The summed E-state index contributed by atoms with van der Waals surface area (Å²) >= 11 is 0. The quantitative estimate of drug-likeness (QED) is 0.790. The summed E-state index contributed by atoms with van der Waals surface area (Å²) in [6.45, 7) is 2.65. The number of hydrogen-bond acceptors (Lipinski definition) is 5. The predicted molar refractivity (Wildman–Crippen MR) is 92.5 cm³/mol. The Labute approximate surface area is 142 Å². The lowest BCUT2D eigenvalue weighted by atomic mass is 9.98. The third kappa shape index (κ3) is 4.04. The molecule has 1 aromatic carbocycles. The summed E-state index contributed by atoms with van der Waals surface area (Å²) in [5.41, 5.74) is 0.514. The molecule has 1 fully saturated rings. The lowest BCUT2D eigenvalue weighted by molar-refractivity contribution is 0.0600. The van der Waals surface area contributed by atoms with Crippen molar-refractivity contribution in [3.63, 3.8) is 0 Å². The molecule has 3 rings (SSSR count). The SMILES string of the molecule is COC(=O)c1cccc(OCC2CCN(c3ccccn3)CC2)c1. The number of ether oxygens (including phenoxy) is 2. The molecule has 0 N–H and O–H groups in total. The molecule has 0 radical (unpaired) electrons. The molecule has 1 aromatic heterocycles. The first-order valence-corrected chi connectivity index (χ1v) is 8.23. The lowest BCUT2D eigenvalue weighted by Crippen LogP contribution is -2.36. The van der Waals surface area contributed by atoms with Crippen LogP contribution >= 0.6 is 0 Å². The minimum Gasteiger partial charge on any atom is -0.493 e. The summed E-state index contributed by atoms with van der Waals surface area (Å²) in [5.74, 6) is 1.93. The number of piperidine rings is 1. The molecule has 1 aliphatic heterocycles. The molecule has 0 bridgehead atoms. The third-order valence-corrected chi connectivity index (χ3v) is 4.33. The van der Waals surface area contributed by atoms with Crippen molar-refractivity contribution in [1.82, 2.24) is 4.98 Å². The van der Waals surface area contributed by atoms with Crippen molar-refractivity contribution in [3.8, 4) is 5.75 Å². The van der Waals surface area contributed by atoms with Gasteiger partial charge in [-0.3, -0.25) is 0 Å². The summed E-state index contributed by atoms with van der Waals surface area (Å²) in [6, 6.07) is 13.1. The molecule has 5 nitrogen and oxygen atoms in total. The molecule has 2 heterocycles. The Morgan fingerprint density at radius 1 is 1.21 bits per heavy atom. The highest BCUT2D eigenvalue weighted by atomic mass is 16.5. The van der Waals surface area contributed by atoms with Gasteiger partial charge in [0.25, 0.3) is 0 Å². The average Bonchev–Trinajstić information content (AvgIpc) is 2.67. The largest absolute Gasteiger partial charge is 0.493 e. The molecule has 24 heavy (non-hydrogen) atoms. The van der Waals surface area contributed by atoms with Crippen LogP contribution in [0.3, 0.4) is 0 Å². The van der Waals surface area contributed by atoms with Gasteiger partial charge in [-0.05, 0) is 49.1 Å². The van der Waals surface area contributed by atoms with Gasteiger partial charge in [-0.1, -0.05) is 12.1 Å².